The predicted octanol–water partition coefficient (Wildman–Crippen LogP) is 4.93. The third kappa shape index (κ3) is 3.37. The van der Waals surface area contributed by atoms with Crippen LogP contribution in [0.25, 0.3) is 11.1 Å². The molecule has 0 spiro atoms. The number of ether oxygens (including phenoxy) is 1. The minimum Gasteiger partial charge on any atom is -0.487 e. The van der Waals surface area contributed by atoms with E-state index >= 15 is 0 Å². The molecular weight excluding hydrogens is 324 g/mol. The van der Waals surface area contributed by atoms with Crippen molar-refractivity contribution >= 4 is 23.2 Å². The Morgan fingerprint density at radius 3 is 2.36 bits per heavy atom. The molecule has 1 fully saturated rings. The Kier molecular flexibility index (Phi) is 4.87. The van der Waals surface area contributed by atoms with E-state index in [0.29, 0.717) is 21.2 Å². The van der Waals surface area contributed by atoms with Crippen LogP contribution in [0.4, 0.5) is 4.39 Å². The summed E-state index contributed by atoms with van der Waals surface area (Å²) in [5.74, 6) is -0.172. The van der Waals surface area contributed by atoms with Gasteiger partial charge in [-0.3, -0.25) is 0 Å². The number of halogens is 3. The Morgan fingerprint density at radius 1 is 1.00 bits per heavy atom. The lowest BCUT2D eigenvalue weighted by molar-refractivity contribution is 0.156. The average Bonchev–Trinajstić information content (AvgIpc) is 2.53. The van der Waals surface area contributed by atoms with E-state index in [1.165, 1.54) is 0 Å². The molecule has 116 valence electrons. The molecule has 2 nitrogen and oxygen atoms in total. The zero-order valence-electron chi connectivity index (χ0n) is 11.9. The first-order valence-electron chi connectivity index (χ1n) is 7.26. The van der Waals surface area contributed by atoms with Gasteiger partial charge in [0.1, 0.15) is 6.10 Å². The highest BCUT2D eigenvalue weighted by atomic mass is 35.5. The van der Waals surface area contributed by atoms with Crippen LogP contribution < -0.4 is 10.1 Å². The second-order valence-electron chi connectivity index (χ2n) is 5.31. The predicted molar refractivity (Wildman–Crippen MR) is 88.4 cm³/mol. The molecule has 22 heavy (non-hydrogen) atoms. The van der Waals surface area contributed by atoms with Crippen LogP contribution in [-0.4, -0.2) is 19.2 Å². The summed E-state index contributed by atoms with van der Waals surface area (Å²) in [6.45, 7) is 1.79. The van der Waals surface area contributed by atoms with Gasteiger partial charge in [0.15, 0.2) is 11.6 Å². The molecule has 1 aliphatic heterocycles. The van der Waals surface area contributed by atoms with Crippen molar-refractivity contribution in [2.75, 3.05) is 13.1 Å². The van der Waals surface area contributed by atoms with E-state index < -0.39 is 5.82 Å². The molecule has 0 radical (unpaired) electrons. The van der Waals surface area contributed by atoms with E-state index in [9.17, 15) is 4.39 Å². The summed E-state index contributed by atoms with van der Waals surface area (Å²) in [4.78, 5) is 0. The van der Waals surface area contributed by atoms with Crippen LogP contribution in [0, 0.1) is 5.82 Å². The van der Waals surface area contributed by atoms with Gasteiger partial charge in [-0.1, -0.05) is 35.3 Å². The number of hydrogen-bond donors (Lipinski definition) is 1. The maximum atomic E-state index is 14.8. The Labute approximate surface area is 139 Å². The molecule has 0 unspecified atom stereocenters. The normalized spacial score (nSPS) is 15.8. The summed E-state index contributed by atoms with van der Waals surface area (Å²) in [6, 6.07) is 10.2. The van der Waals surface area contributed by atoms with E-state index in [4.69, 9.17) is 27.9 Å². The number of hydrogen-bond acceptors (Lipinski definition) is 2. The third-order valence-corrected chi connectivity index (χ3v) is 4.34. The highest BCUT2D eigenvalue weighted by Gasteiger charge is 2.20. The van der Waals surface area contributed by atoms with Crippen LogP contribution in [0.5, 0.6) is 5.75 Å². The average molecular weight is 340 g/mol. The van der Waals surface area contributed by atoms with E-state index in [0.717, 1.165) is 25.9 Å². The molecule has 1 N–H and O–H groups in total. The fourth-order valence-electron chi connectivity index (χ4n) is 2.60. The first-order valence-corrected chi connectivity index (χ1v) is 8.02. The summed E-state index contributed by atoms with van der Waals surface area (Å²) in [5, 5.41) is 4.22. The number of benzene rings is 2. The van der Waals surface area contributed by atoms with Crippen LogP contribution in [0.3, 0.4) is 0 Å². The second-order valence-corrected chi connectivity index (χ2v) is 6.15. The van der Waals surface area contributed by atoms with Crippen molar-refractivity contribution in [1.82, 2.24) is 5.32 Å². The van der Waals surface area contributed by atoms with Crippen molar-refractivity contribution in [3.63, 3.8) is 0 Å². The zero-order chi connectivity index (χ0) is 15.5. The molecule has 2 aromatic rings. The first-order chi connectivity index (χ1) is 10.6. The molecule has 5 heteroatoms. The van der Waals surface area contributed by atoms with Gasteiger partial charge in [0.2, 0.25) is 0 Å². The second kappa shape index (κ2) is 6.86. The molecule has 1 saturated heterocycles. The molecule has 0 saturated carbocycles. The highest BCUT2D eigenvalue weighted by Crippen LogP contribution is 2.36. The largest absolute Gasteiger partial charge is 0.487 e. The summed E-state index contributed by atoms with van der Waals surface area (Å²) in [7, 11) is 0. The lowest BCUT2D eigenvalue weighted by Crippen LogP contribution is -2.34. The molecule has 0 aromatic heterocycles. The van der Waals surface area contributed by atoms with Gasteiger partial charge in [-0.05, 0) is 55.8 Å². The maximum Gasteiger partial charge on any atom is 0.174 e. The van der Waals surface area contributed by atoms with E-state index in [2.05, 4.69) is 5.32 Å². The zero-order valence-corrected chi connectivity index (χ0v) is 13.4. The number of rotatable bonds is 3. The minimum absolute atomic E-state index is 0.0370. The van der Waals surface area contributed by atoms with Crippen molar-refractivity contribution < 1.29 is 9.13 Å². The van der Waals surface area contributed by atoms with E-state index in [-0.39, 0.29) is 11.9 Å². The Bertz CT molecular complexity index is 654. The number of piperidine rings is 1. The van der Waals surface area contributed by atoms with Gasteiger partial charge in [0.05, 0.1) is 5.02 Å². The van der Waals surface area contributed by atoms with Crippen LogP contribution in [0.15, 0.2) is 36.4 Å². The third-order valence-electron chi connectivity index (χ3n) is 3.77. The summed E-state index contributed by atoms with van der Waals surface area (Å²) in [5.41, 5.74) is 1.03. The minimum atomic E-state index is -0.423. The fourth-order valence-corrected chi connectivity index (χ4v) is 2.98. The van der Waals surface area contributed by atoms with Crippen LogP contribution in [-0.2, 0) is 0 Å². The Balaban J connectivity index is 1.92. The lowest BCUT2D eigenvalue weighted by atomic mass is 10.0. The smallest absolute Gasteiger partial charge is 0.174 e. The molecule has 0 aliphatic carbocycles. The molecule has 2 aromatic carbocycles. The van der Waals surface area contributed by atoms with Crippen molar-refractivity contribution in [3.8, 4) is 16.9 Å². The lowest BCUT2D eigenvalue weighted by Gasteiger charge is -2.24. The van der Waals surface area contributed by atoms with E-state index in [1.54, 1.807) is 36.4 Å². The molecule has 0 bridgehead atoms. The molecule has 0 atom stereocenters. The van der Waals surface area contributed by atoms with Crippen molar-refractivity contribution in [3.05, 3.63) is 52.3 Å². The van der Waals surface area contributed by atoms with Gasteiger partial charge in [-0.25, -0.2) is 4.39 Å². The SMILES string of the molecule is Fc1c(OC2CCNCC2)ccc(Cl)c1-c1ccc(Cl)cc1. The quantitative estimate of drug-likeness (QED) is 0.855. The standard InChI is InChI=1S/C17H16Cl2FNO/c18-12-3-1-11(2-4-12)16-14(19)5-6-15(17(16)20)22-13-7-9-21-10-8-13/h1-6,13,21H,7-10H2. The van der Waals surface area contributed by atoms with Gasteiger partial charge in [-0.15, -0.1) is 0 Å². The maximum absolute atomic E-state index is 14.8. The summed E-state index contributed by atoms with van der Waals surface area (Å²) < 4.78 is 20.6. The number of nitrogens with one attached hydrogen (secondary N) is 1. The molecule has 1 aliphatic rings. The molecule has 3 rings (SSSR count). The Morgan fingerprint density at radius 2 is 1.68 bits per heavy atom. The summed E-state index contributed by atoms with van der Waals surface area (Å²) >= 11 is 12.1. The van der Waals surface area contributed by atoms with Crippen LogP contribution in [0.1, 0.15) is 12.8 Å². The van der Waals surface area contributed by atoms with Crippen molar-refractivity contribution in [1.29, 1.82) is 0 Å². The topological polar surface area (TPSA) is 21.3 Å². The highest BCUT2D eigenvalue weighted by molar-refractivity contribution is 6.33. The van der Waals surface area contributed by atoms with Gasteiger partial charge in [0, 0.05) is 10.6 Å². The monoisotopic (exact) mass is 339 g/mol. The molecule has 1 heterocycles. The fraction of sp³-hybridized carbons (Fsp3) is 0.294. The summed E-state index contributed by atoms with van der Waals surface area (Å²) in [6.07, 6.45) is 1.78. The van der Waals surface area contributed by atoms with Crippen molar-refractivity contribution in [2.24, 2.45) is 0 Å². The van der Waals surface area contributed by atoms with Crippen LogP contribution in [0.2, 0.25) is 10.0 Å². The Hall–Kier alpha value is -1.29. The first kappa shape index (κ1) is 15.6. The van der Waals surface area contributed by atoms with Gasteiger partial charge >= 0.3 is 0 Å². The molecule has 0 amide bonds. The van der Waals surface area contributed by atoms with Gasteiger partial charge in [-0.2, -0.15) is 0 Å². The van der Waals surface area contributed by atoms with Crippen LogP contribution >= 0.6 is 23.2 Å². The van der Waals surface area contributed by atoms with Crippen molar-refractivity contribution in [2.45, 2.75) is 18.9 Å². The van der Waals surface area contributed by atoms with E-state index in [1.807, 2.05) is 0 Å². The van der Waals surface area contributed by atoms with Gasteiger partial charge in [0.25, 0.3) is 0 Å². The van der Waals surface area contributed by atoms with Gasteiger partial charge < -0.3 is 10.1 Å². The molecular formula is C17H16Cl2FNO.